The van der Waals surface area contributed by atoms with E-state index in [1.165, 1.54) is 44.1 Å². The first-order chi connectivity index (χ1) is 7.43. The molecule has 17 heavy (non-hydrogen) atoms. The maximum absolute atomic E-state index is 3.25. The predicted octanol–water partition coefficient (Wildman–Crippen LogP) is 5.04. The summed E-state index contributed by atoms with van der Waals surface area (Å²) < 4.78 is 0. The largest absolute Gasteiger partial charge is 2.00 e. The van der Waals surface area contributed by atoms with Gasteiger partial charge < -0.3 is 6.92 Å². The zero-order valence-electron chi connectivity index (χ0n) is 11.4. The molecule has 0 bridgehead atoms. The Morgan fingerprint density at radius 2 is 1.53 bits per heavy atom. The van der Waals surface area contributed by atoms with Crippen LogP contribution in [0.5, 0.6) is 0 Å². The minimum Gasteiger partial charge on any atom is -0.346 e. The van der Waals surface area contributed by atoms with Crippen LogP contribution >= 0.6 is 17.0 Å². The summed E-state index contributed by atoms with van der Waals surface area (Å²) in [6, 6.07) is 11.4. The molecule has 0 aliphatic heterocycles. The van der Waals surface area contributed by atoms with E-state index in [1.54, 1.807) is 6.92 Å². The molecule has 0 radical (unpaired) electrons. The van der Waals surface area contributed by atoms with E-state index >= 15 is 0 Å². The van der Waals surface area contributed by atoms with Gasteiger partial charge in [0.15, 0.2) is 0 Å². The van der Waals surface area contributed by atoms with Gasteiger partial charge in [-0.1, -0.05) is 45.4 Å². The van der Waals surface area contributed by atoms with Gasteiger partial charge in [-0.25, -0.2) is 0 Å². The molecule has 0 saturated carbocycles. The van der Waals surface area contributed by atoms with E-state index in [0.29, 0.717) is 0 Å². The minimum absolute atomic E-state index is 0. The Bertz CT molecular complexity index is 211. The van der Waals surface area contributed by atoms with Crippen molar-refractivity contribution < 1.29 is 0 Å². The molecule has 0 aromatic heterocycles. The number of unbranched alkanes of at least 4 members (excludes halogenated alkanes) is 4. The fraction of sp³-hybridized carbons (Fsp3) is 0.533. The van der Waals surface area contributed by atoms with Crippen LogP contribution in [0, 0.1) is 13.0 Å². The van der Waals surface area contributed by atoms with Crippen molar-refractivity contribution in [2.24, 2.45) is 0 Å². The molecule has 1 aromatic carbocycles. The van der Waals surface area contributed by atoms with Crippen LogP contribution in [0.1, 0.15) is 51.5 Å². The zero-order chi connectivity index (χ0) is 11.4. The van der Waals surface area contributed by atoms with Gasteiger partial charge in [0.2, 0.25) is 0 Å². The molecule has 2 heteroatoms. The van der Waals surface area contributed by atoms with Gasteiger partial charge in [-0.15, -0.1) is 17.0 Å². The van der Waals surface area contributed by atoms with E-state index in [0.717, 1.165) is 0 Å². The smallest absolute Gasteiger partial charge is 0.346 e. The third-order valence-corrected chi connectivity index (χ3v) is 2.36. The third-order valence-electron chi connectivity index (χ3n) is 2.36. The fourth-order valence-electron chi connectivity index (χ4n) is 1.52. The van der Waals surface area contributed by atoms with Gasteiger partial charge in [0.1, 0.15) is 0 Å². The Hall–Kier alpha value is 0.466. The van der Waals surface area contributed by atoms with Crippen LogP contribution in [0.3, 0.4) is 0 Å². The van der Waals surface area contributed by atoms with E-state index < -0.39 is 0 Å². The normalized spacial score (nSPS) is 8.18. The summed E-state index contributed by atoms with van der Waals surface area (Å²) in [6.45, 7) is 7.26. The molecule has 0 fully saturated rings. The second-order valence-electron chi connectivity index (χ2n) is 3.57. The molecule has 0 spiro atoms. The van der Waals surface area contributed by atoms with Gasteiger partial charge in [0.25, 0.3) is 0 Å². The van der Waals surface area contributed by atoms with Gasteiger partial charge in [0, 0.05) is 0 Å². The molecule has 1 aromatic rings. The Labute approximate surface area is 135 Å². The Morgan fingerprint density at radius 1 is 1.00 bits per heavy atom. The second kappa shape index (κ2) is 18.8. The van der Waals surface area contributed by atoms with Crippen LogP contribution in [-0.4, -0.2) is 23.1 Å². The molecule has 0 heterocycles. The Balaban J connectivity index is -0.000000464. The van der Waals surface area contributed by atoms with Gasteiger partial charge in [0.05, 0.1) is 0 Å². The SMILES string of the molecule is Br.CCCCCCCc1cc[c-]cc1.[CH2-]C.[Mg+2]. The van der Waals surface area contributed by atoms with Crippen LogP contribution in [0.4, 0.5) is 0 Å². The summed E-state index contributed by atoms with van der Waals surface area (Å²) >= 11 is 0. The van der Waals surface area contributed by atoms with Crippen molar-refractivity contribution in [3.05, 3.63) is 42.8 Å². The Morgan fingerprint density at radius 3 is 2.06 bits per heavy atom. The quantitative estimate of drug-likeness (QED) is 0.392. The summed E-state index contributed by atoms with van der Waals surface area (Å²) in [4.78, 5) is 0. The van der Waals surface area contributed by atoms with E-state index in [9.17, 15) is 0 Å². The first-order valence-electron chi connectivity index (χ1n) is 6.09. The molecule has 0 atom stereocenters. The summed E-state index contributed by atoms with van der Waals surface area (Å²) in [7, 11) is 0. The molecule has 1 rings (SSSR count). The number of benzene rings is 1. The molecule has 0 amide bonds. The van der Waals surface area contributed by atoms with Crippen LogP contribution in [-0.2, 0) is 6.42 Å². The summed E-state index contributed by atoms with van der Waals surface area (Å²) in [6.07, 6.45) is 8.08. The van der Waals surface area contributed by atoms with Gasteiger partial charge in [-0.3, -0.25) is 0 Å². The first-order valence-corrected chi connectivity index (χ1v) is 6.09. The molecular weight excluding hydrogens is 284 g/mol. The fourth-order valence-corrected chi connectivity index (χ4v) is 1.52. The summed E-state index contributed by atoms with van der Waals surface area (Å²) in [5.41, 5.74) is 1.45. The van der Waals surface area contributed by atoms with Crippen molar-refractivity contribution >= 4 is 40.0 Å². The van der Waals surface area contributed by atoms with Crippen molar-refractivity contribution in [2.75, 3.05) is 0 Å². The van der Waals surface area contributed by atoms with E-state index in [2.05, 4.69) is 32.0 Å². The zero-order valence-corrected chi connectivity index (χ0v) is 14.5. The van der Waals surface area contributed by atoms with Gasteiger partial charge in [-0.05, 0) is 0 Å². The van der Waals surface area contributed by atoms with Crippen molar-refractivity contribution in [2.45, 2.75) is 52.4 Å². The van der Waals surface area contributed by atoms with Crippen molar-refractivity contribution in [1.82, 2.24) is 0 Å². The second-order valence-corrected chi connectivity index (χ2v) is 3.57. The van der Waals surface area contributed by atoms with Crippen LogP contribution in [0.2, 0.25) is 0 Å². The average Bonchev–Trinajstić information content (AvgIpc) is 2.33. The van der Waals surface area contributed by atoms with Gasteiger partial charge in [-0.2, -0.15) is 42.8 Å². The van der Waals surface area contributed by atoms with Gasteiger partial charge >= 0.3 is 23.1 Å². The number of hydrogen-bond acceptors (Lipinski definition) is 0. The number of aryl methyl sites for hydroxylation is 1. The van der Waals surface area contributed by atoms with E-state index in [4.69, 9.17) is 0 Å². The summed E-state index contributed by atoms with van der Waals surface area (Å²) in [5.74, 6) is 0. The number of hydrogen-bond donors (Lipinski definition) is 0. The molecule has 0 aliphatic rings. The van der Waals surface area contributed by atoms with E-state index in [-0.39, 0.29) is 40.0 Å². The maximum Gasteiger partial charge on any atom is 2.00 e. The monoisotopic (exact) mass is 308 g/mol. The van der Waals surface area contributed by atoms with Crippen LogP contribution in [0.25, 0.3) is 0 Å². The molecule has 0 N–H and O–H groups in total. The molecule has 0 saturated heterocycles. The van der Waals surface area contributed by atoms with Crippen LogP contribution in [0.15, 0.2) is 24.3 Å². The molecule has 0 aliphatic carbocycles. The number of rotatable bonds is 6. The minimum atomic E-state index is 0. The molecular formula is C15H25BrMg. The van der Waals surface area contributed by atoms with Crippen molar-refractivity contribution in [3.8, 4) is 0 Å². The summed E-state index contributed by atoms with van der Waals surface area (Å²) in [5, 5.41) is 0. The topological polar surface area (TPSA) is 0 Å². The van der Waals surface area contributed by atoms with Crippen molar-refractivity contribution in [3.63, 3.8) is 0 Å². The third kappa shape index (κ3) is 14.4. The molecule has 0 unspecified atom stereocenters. The Kier molecular flexibility index (Phi) is 25.1. The van der Waals surface area contributed by atoms with Crippen LogP contribution < -0.4 is 0 Å². The van der Waals surface area contributed by atoms with E-state index in [1.807, 2.05) is 12.1 Å². The maximum atomic E-state index is 3.25. The number of halogens is 1. The first kappa shape index (κ1) is 22.6. The predicted molar refractivity (Wildman–Crippen MR) is 84.8 cm³/mol. The van der Waals surface area contributed by atoms with Crippen molar-refractivity contribution in [1.29, 1.82) is 0 Å². The average molecular weight is 310 g/mol. The molecule has 0 nitrogen and oxygen atoms in total. The molecule has 94 valence electrons. The standard InChI is InChI=1S/C13H19.C2H5.BrH.Mg/c1-2-3-4-5-7-10-13-11-8-6-9-12-13;1-2;;/h8-9,11-12H,2-5,7,10H2,1H3;1H2,2H3;1H;/q2*-1;;+2.